The van der Waals surface area contributed by atoms with E-state index in [1.807, 2.05) is 0 Å². The van der Waals surface area contributed by atoms with Gasteiger partial charge in [0.2, 0.25) is 0 Å². The van der Waals surface area contributed by atoms with E-state index in [0.717, 1.165) is 24.2 Å². The molecule has 0 saturated carbocycles. The second-order valence-electron chi connectivity index (χ2n) is 4.88. The Labute approximate surface area is 91.3 Å². The fraction of sp³-hybridized carbons (Fsp3) is 0.615. The first-order chi connectivity index (χ1) is 7.00. The van der Waals surface area contributed by atoms with Crippen molar-refractivity contribution in [2.45, 2.75) is 40.5 Å². The normalized spacial score (nSPS) is 11.3. The van der Waals surface area contributed by atoms with Crippen molar-refractivity contribution in [1.29, 1.82) is 0 Å². The Morgan fingerprint density at radius 2 is 1.73 bits per heavy atom. The van der Waals surface area contributed by atoms with E-state index in [2.05, 4.69) is 27.7 Å². The predicted molar refractivity (Wildman–Crippen MR) is 62.1 cm³/mol. The van der Waals surface area contributed by atoms with E-state index >= 15 is 0 Å². The van der Waals surface area contributed by atoms with Crippen LogP contribution in [0.4, 0.5) is 0 Å². The number of hydrogen-bond acceptors (Lipinski definition) is 2. The van der Waals surface area contributed by atoms with E-state index in [1.54, 1.807) is 0 Å². The van der Waals surface area contributed by atoms with E-state index in [1.165, 1.54) is 12.3 Å². The molecule has 0 unspecified atom stereocenters. The summed E-state index contributed by atoms with van der Waals surface area (Å²) in [4.78, 5) is 11.7. The minimum absolute atomic E-state index is 0.116. The van der Waals surface area contributed by atoms with Crippen LogP contribution in [0.1, 0.15) is 39.0 Å². The van der Waals surface area contributed by atoms with Gasteiger partial charge in [0.15, 0.2) is 5.43 Å². The molecule has 0 saturated heterocycles. The molecule has 0 aliphatic rings. The second-order valence-corrected chi connectivity index (χ2v) is 4.88. The third-order valence-electron chi connectivity index (χ3n) is 2.27. The van der Waals surface area contributed by atoms with Gasteiger partial charge in [-0.3, -0.25) is 4.79 Å². The van der Waals surface area contributed by atoms with Crippen LogP contribution in [-0.2, 0) is 12.8 Å². The van der Waals surface area contributed by atoms with Crippen molar-refractivity contribution < 1.29 is 4.42 Å². The highest BCUT2D eigenvalue weighted by molar-refractivity contribution is 5.18. The van der Waals surface area contributed by atoms with E-state index in [-0.39, 0.29) is 5.43 Å². The first-order valence-corrected chi connectivity index (χ1v) is 5.60. The third kappa shape index (κ3) is 3.54. The van der Waals surface area contributed by atoms with Gasteiger partial charge in [-0.25, -0.2) is 0 Å². The van der Waals surface area contributed by atoms with Crippen LogP contribution in [0.15, 0.2) is 21.5 Å². The SMILES string of the molecule is CC(C)Cc1occc(=O)c1CC(C)C. The number of rotatable bonds is 4. The van der Waals surface area contributed by atoms with E-state index in [4.69, 9.17) is 4.42 Å². The number of hydrogen-bond donors (Lipinski definition) is 0. The summed E-state index contributed by atoms with van der Waals surface area (Å²) in [6.07, 6.45) is 3.16. The second kappa shape index (κ2) is 5.15. The van der Waals surface area contributed by atoms with Gasteiger partial charge in [0, 0.05) is 18.1 Å². The molecule has 0 radical (unpaired) electrons. The molecule has 1 aromatic heterocycles. The average molecular weight is 208 g/mol. The molecule has 1 heterocycles. The molecular formula is C13H20O2. The smallest absolute Gasteiger partial charge is 0.188 e. The lowest BCUT2D eigenvalue weighted by atomic mass is 9.98. The van der Waals surface area contributed by atoms with Gasteiger partial charge in [-0.1, -0.05) is 27.7 Å². The van der Waals surface area contributed by atoms with Crippen LogP contribution in [0.2, 0.25) is 0 Å². The van der Waals surface area contributed by atoms with Gasteiger partial charge in [-0.2, -0.15) is 0 Å². The van der Waals surface area contributed by atoms with Crippen LogP contribution in [0.3, 0.4) is 0 Å². The summed E-state index contributed by atoms with van der Waals surface area (Å²) in [7, 11) is 0. The Bertz CT molecular complexity index is 361. The van der Waals surface area contributed by atoms with Gasteiger partial charge in [0.05, 0.1) is 6.26 Å². The molecule has 0 N–H and O–H groups in total. The minimum Gasteiger partial charge on any atom is -0.469 e. The molecule has 15 heavy (non-hydrogen) atoms. The van der Waals surface area contributed by atoms with E-state index in [9.17, 15) is 4.79 Å². The predicted octanol–water partition coefficient (Wildman–Crippen LogP) is 3.04. The molecule has 0 aliphatic carbocycles. The molecule has 0 amide bonds. The summed E-state index contributed by atoms with van der Waals surface area (Å²) in [6.45, 7) is 8.50. The highest BCUT2D eigenvalue weighted by Gasteiger charge is 2.12. The largest absolute Gasteiger partial charge is 0.469 e. The van der Waals surface area contributed by atoms with Crippen molar-refractivity contribution >= 4 is 0 Å². The molecule has 0 fully saturated rings. The maximum absolute atomic E-state index is 11.7. The Morgan fingerprint density at radius 1 is 1.13 bits per heavy atom. The lowest BCUT2D eigenvalue weighted by Crippen LogP contribution is -2.14. The zero-order valence-corrected chi connectivity index (χ0v) is 10.0. The molecule has 0 aromatic carbocycles. The quantitative estimate of drug-likeness (QED) is 0.761. The lowest BCUT2D eigenvalue weighted by Gasteiger charge is -2.10. The van der Waals surface area contributed by atoms with Crippen LogP contribution in [0, 0.1) is 11.8 Å². The Kier molecular flexibility index (Phi) is 4.13. The summed E-state index contributed by atoms with van der Waals surface area (Å²) < 4.78 is 5.45. The molecule has 84 valence electrons. The van der Waals surface area contributed by atoms with Gasteiger partial charge in [0.1, 0.15) is 5.76 Å². The maximum Gasteiger partial charge on any atom is 0.188 e. The molecule has 1 aromatic rings. The fourth-order valence-electron chi connectivity index (χ4n) is 1.65. The van der Waals surface area contributed by atoms with Gasteiger partial charge in [0.25, 0.3) is 0 Å². The average Bonchev–Trinajstić information content (AvgIpc) is 2.09. The summed E-state index contributed by atoms with van der Waals surface area (Å²) >= 11 is 0. The van der Waals surface area contributed by atoms with Crippen LogP contribution in [0.5, 0.6) is 0 Å². The minimum atomic E-state index is 0.116. The van der Waals surface area contributed by atoms with Crippen LogP contribution >= 0.6 is 0 Å². The highest BCUT2D eigenvalue weighted by atomic mass is 16.3. The third-order valence-corrected chi connectivity index (χ3v) is 2.27. The first-order valence-electron chi connectivity index (χ1n) is 5.60. The van der Waals surface area contributed by atoms with Crippen molar-refractivity contribution in [3.63, 3.8) is 0 Å². The molecule has 0 atom stereocenters. The van der Waals surface area contributed by atoms with Crippen molar-refractivity contribution in [1.82, 2.24) is 0 Å². The van der Waals surface area contributed by atoms with Crippen molar-refractivity contribution in [3.8, 4) is 0 Å². The van der Waals surface area contributed by atoms with Gasteiger partial charge in [-0.05, 0) is 18.3 Å². The summed E-state index contributed by atoms with van der Waals surface area (Å²) in [5.74, 6) is 1.87. The Hall–Kier alpha value is -1.05. The molecule has 2 nitrogen and oxygen atoms in total. The summed E-state index contributed by atoms with van der Waals surface area (Å²) in [6, 6.07) is 1.52. The molecule has 2 heteroatoms. The van der Waals surface area contributed by atoms with Crippen molar-refractivity contribution in [3.05, 3.63) is 33.9 Å². The Morgan fingerprint density at radius 3 is 2.27 bits per heavy atom. The summed E-state index contributed by atoms with van der Waals surface area (Å²) in [5.41, 5.74) is 0.979. The van der Waals surface area contributed by atoms with E-state index in [0.29, 0.717) is 11.8 Å². The van der Waals surface area contributed by atoms with Crippen molar-refractivity contribution in [2.24, 2.45) is 11.8 Å². The van der Waals surface area contributed by atoms with Crippen LogP contribution < -0.4 is 5.43 Å². The molecular weight excluding hydrogens is 188 g/mol. The van der Waals surface area contributed by atoms with E-state index < -0.39 is 0 Å². The monoisotopic (exact) mass is 208 g/mol. The molecule has 0 spiro atoms. The molecule has 1 rings (SSSR count). The zero-order valence-electron chi connectivity index (χ0n) is 10.0. The van der Waals surface area contributed by atoms with Crippen molar-refractivity contribution in [2.75, 3.05) is 0 Å². The van der Waals surface area contributed by atoms with Gasteiger partial charge >= 0.3 is 0 Å². The van der Waals surface area contributed by atoms with Crippen LogP contribution in [-0.4, -0.2) is 0 Å². The van der Waals surface area contributed by atoms with Gasteiger partial charge in [-0.15, -0.1) is 0 Å². The topological polar surface area (TPSA) is 30.2 Å². The molecule has 0 aliphatic heterocycles. The lowest BCUT2D eigenvalue weighted by molar-refractivity contribution is 0.442. The standard InChI is InChI=1S/C13H20O2/c1-9(2)7-11-12(14)5-6-15-13(11)8-10(3)4/h5-6,9-10H,7-8H2,1-4H3. The fourth-order valence-corrected chi connectivity index (χ4v) is 1.65. The first kappa shape index (κ1) is 12.0. The summed E-state index contributed by atoms with van der Waals surface area (Å²) in [5, 5.41) is 0. The maximum atomic E-state index is 11.7. The molecule has 0 bridgehead atoms. The zero-order chi connectivity index (χ0) is 11.4. The van der Waals surface area contributed by atoms with Gasteiger partial charge < -0.3 is 4.42 Å². The van der Waals surface area contributed by atoms with Crippen LogP contribution in [0.25, 0.3) is 0 Å². The Balaban J connectivity index is 3.03. The highest BCUT2D eigenvalue weighted by Crippen LogP contribution is 2.14.